The number of aryl methyl sites for hydroxylation is 1. The van der Waals surface area contributed by atoms with Gasteiger partial charge in [-0.3, -0.25) is 5.10 Å². The second-order valence-electron chi connectivity index (χ2n) is 3.96. The number of aromatic nitrogens is 2. The van der Waals surface area contributed by atoms with Crippen LogP contribution in [0.1, 0.15) is 25.1 Å². The van der Waals surface area contributed by atoms with Crippen LogP contribution in [0.2, 0.25) is 0 Å². The van der Waals surface area contributed by atoms with Gasteiger partial charge in [0.1, 0.15) is 0 Å². The minimum absolute atomic E-state index is 0.276. The third-order valence-electron chi connectivity index (χ3n) is 2.37. The lowest BCUT2D eigenvalue weighted by Crippen LogP contribution is -2.30. The fourth-order valence-electron chi connectivity index (χ4n) is 1.14. The van der Waals surface area contributed by atoms with Gasteiger partial charge in [0.25, 0.3) is 0 Å². The Hall–Kier alpha value is -0.870. The van der Waals surface area contributed by atoms with Crippen LogP contribution >= 0.6 is 0 Å². The van der Waals surface area contributed by atoms with Crippen LogP contribution in [0, 0.1) is 12.8 Å². The van der Waals surface area contributed by atoms with E-state index in [4.69, 9.17) is 0 Å². The van der Waals surface area contributed by atoms with Gasteiger partial charge in [0.05, 0.1) is 12.3 Å². The average Bonchev–Trinajstić information content (AvgIpc) is 2.51. The fourth-order valence-corrected chi connectivity index (χ4v) is 1.14. The Morgan fingerprint density at radius 3 is 2.79 bits per heavy atom. The molecule has 0 bridgehead atoms. The van der Waals surface area contributed by atoms with E-state index in [2.05, 4.69) is 15.5 Å². The molecule has 0 aliphatic heterocycles. The number of aliphatic hydroxyl groups is 1. The van der Waals surface area contributed by atoms with Gasteiger partial charge >= 0.3 is 0 Å². The van der Waals surface area contributed by atoms with Crippen molar-refractivity contribution in [2.45, 2.75) is 33.4 Å². The molecule has 80 valence electrons. The maximum absolute atomic E-state index is 9.54. The Kier molecular flexibility index (Phi) is 4.10. The molecule has 1 unspecified atom stereocenters. The zero-order valence-electron chi connectivity index (χ0n) is 9.04. The Balaban J connectivity index is 2.25. The van der Waals surface area contributed by atoms with Crippen LogP contribution in [0.15, 0.2) is 6.20 Å². The summed E-state index contributed by atoms with van der Waals surface area (Å²) in [6, 6.07) is 0. The normalized spacial score (nSPS) is 13.5. The van der Waals surface area contributed by atoms with Crippen molar-refractivity contribution in [3.63, 3.8) is 0 Å². The highest BCUT2D eigenvalue weighted by Gasteiger charge is 2.08. The SMILES string of the molecule is Cc1[nH]ncc1CNCC(O)C(C)C. The second-order valence-corrected chi connectivity index (χ2v) is 3.96. The van der Waals surface area contributed by atoms with Crippen LogP contribution < -0.4 is 5.32 Å². The summed E-state index contributed by atoms with van der Waals surface area (Å²) in [5.74, 6) is 0.299. The van der Waals surface area contributed by atoms with Crippen LogP contribution in [0.25, 0.3) is 0 Å². The summed E-state index contributed by atoms with van der Waals surface area (Å²) in [6.45, 7) is 7.39. The van der Waals surface area contributed by atoms with Crippen LogP contribution in [-0.2, 0) is 6.54 Å². The first kappa shape index (κ1) is 11.2. The van der Waals surface area contributed by atoms with Gasteiger partial charge in [0, 0.05) is 24.3 Å². The average molecular weight is 197 g/mol. The van der Waals surface area contributed by atoms with E-state index in [0.717, 1.165) is 17.8 Å². The Labute approximate surface area is 84.7 Å². The molecule has 0 amide bonds. The van der Waals surface area contributed by atoms with Crippen molar-refractivity contribution in [1.82, 2.24) is 15.5 Å². The maximum atomic E-state index is 9.54. The van der Waals surface area contributed by atoms with Gasteiger partial charge in [0.2, 0.25) is 0 Å². The smallest absolute Gasteiger partial charge is 0.0687 e. The van der Waals surface area contributed by atoms with Crippen molar-refractivity contribution in [2.75, 3.05) is 6.54 Å². The minimum Gasteiger partial charge on any atom is -0.392 e. The molecule has 3 N–H and O–H groups in total. The molecule has 1 rings (SSSR count). The van der Waals surface area contributed by atoms with Gasteiger partial charge in [-0.25, -0.2) is 0 Å². The second kappa shape index (κ2) is 5.12. The number of aliphatic hydroxyl groups excluding tert-OH is 1. The van der Waals surface area contributed by atoms with E-state index in [1.54, 1.807) is 0 Å². The molecule has 1 heterocycles. The molecule has 0 saturated carbocycles. The molecule has 0 fully saturated rings. The molecule has 0 aliphatic rings. The predicted molar refractivity (Wildman–Crippen MR) is 55.9 cm³/mol. The molecule has 1 aromatic rings. The van der Waals surface area contributed by atoms with E-state index in [-0.39, 0.29) is 6.10 Å². The minimum atomic E-state index is -0.276. The lowest BCUT2D eigenvalue weighted by molar-refractivity contribution is 0.123. The number of hydrogen-bond acceptors (Lipinski definition) is 3. The Morgan fingerprint density at radius 2 is 2.29 bits per heavy atom. The first-order valence-corrected chi connectivity index (χ1v) is 4.99. The molecule has 0 aliphatic carbocycles. The molecular weight excluding hydrogens is 178 g/mol. The highest BCUT2D eigenvalue weighted by Crippen LogP contribution is 2.03. The van der Waals surface area contributed by atoms with E-state index in [1.807, 2.05) is 27.0 Å². The van der Waals surface area contributed by atoms with E-state index < -0.39 is 0 Å². The summed E-state index contributed by atoms with van der Waals surface area (Å²) in [4.78, 5) is 0. The molecule has 0 aromatic carbocycles. The van der Waals surface area contributed by atoms with Crippen LogP contribution in [0.5, 0.6) is 0 Å². The zero-order chi connectivity index (χ0) is 10.6. The number of hydrogen-bond donors (Lipinski definition) is 3. The summed E-state index contributed by atoms with van der Waals surface area (Å²) >= 11 is 0. The first-order valence-electron chi connectivity index (χ1n) is 4.99. The van der Waals surface area contributed by atoms with E-state index >= 15 is 0 Å². The molecule has 1 aromatic heterocycles. The highest BCUT2D eigenvalue weighted by atomic mass is 16.3. The van der Waals surface area contributed by atoms with Crippen molar-refractivity contribution < 1.29 is 5.11 Å². The third kappa shape index (κ3) is 3.12. The molecule has 0 radical (unpaired) electrons. The first-order chi connectivity index (χ1) is 6.61. The van der Waals surface area contributed by atoms with Crippen LogP contribution in [0.4, 0.5) is 0 Å². The highest BCUT2D eigenvalue weighted by molar-refractivity contribution is 5.13. The van der Waals surface area contributed by atoms with Gasteiger partial charge in [-0.15, -0.1) is 0 Å². The third-order valence-corrected chi connectivity index (χ3v) is 2.37. The van der Waals surface area contributed by atoms with Gasteiger partial charge in [-0.1, -0.05) is 13.8 Å². The number of aromatic amines is 1. The maximum Gasteiger partial charge on any atom is 0.0687 e. The molecule has 4 nitrogen and oxygen atoms in total. The van der Waals surface area contributed by atoms with Gasteiger partial charge < -0.3 is 10.4 Å². The van der Waals surface area contributed by atoms with E-state index in [1.165, 1.54) is 0 Å². The summed E-state index contributed by atoms with van der Waals surface area (Å²) in [7, 11) is 0. The lowest BCUT2D eigenvalue weighted by atomic mass is 10.1. The van der Waals surface area contributed by atoms with E-state index in [0.29, 0.717) is 12.5 Å². The van der Waals surface area contributed by atoms with Gasteiger partial charge in [-0.05, 0) is 12.8 Å². The molecule has 14 heavy (non-hydrogen) atoms. The predicted octanol–water partition coefficient (Wildman–Crippen LogP) is 0.825. The molecule has 0 spiro atoms. The van der Waals surface area contributed by atoms with Crippen molar-refractivity contribution in [1.29, 1.82) is 0 Å². The quantitative estimate of drug-likeness (QED) is 0.655. The number of nitrogens with zero attached hydrogens (tertiary/aromatic N) is 1. The molecule has 0 saturated heterocycles. The molecular formula is C10H19N3O. The van der Waals surface area contributed by atoms with Crippen molar-refractivity contribution in [3.8, 4) is 0 Å². The summed E-state index contributed by atoms with van der Waals surface area (Å²) in [5, 5.41) is 19.5. The van der Waals surface area contributed by atoms with Crippen LogP contribution in [-0.4, -0.2) is 28.0 Å². The van der Waals surface area contributed by atoms with Crippen LogP contribution in [0.3, 0.4) is 0 Å². The summed E-state index contributed by atoms with van der Waals surface area (Å²) < 4.78 is 0. The zero-order valence-corrected chi connectivity index (χ0v) is 9.04. The van der Waals surface area contributed by atoms with Gasteiger partial charge in [-0.2, -0.15) is 5.10 Å². The van der Waals surface area contributed by atoms with Gasteiger partial charge in [0.15, 0.2) is 0 Å². The molecule has 4 heteroatoms. The Morgan fingerprint density at radius 1 is 1.57 bits per heavy atom. The topological polar surface area (TPSA) is 60.9 Å². The number of nitrogens with one attached hydrogen (secondary N) is 2. The Bertz CT molecular complexity index is 270. The fraction of sp³-hybridized carbons (Fsp3) is 0.700. The summed E-state index contributed by atoms with van der Waals surface area (Å²) in [5.41, 5.74) is 2.23. The van der Waals surface area contributed by atoms with Crippen molar-refractivity contribution >= 4 is 0 Å². The van der Waals surface area contributed by atoms with Crippen molar-refractivity contribution in [2.24, 2.45) is 5.92 Å². The summed E-state index contributed by atoms with van der Waals surface area (Å²) in [6.07, 6.45) is 1.53. The number of rotatable bonds is 5. The standard InChI is InChI=1S/C10H19N3O/c1-7(2)10(14)6-11-4-9-5-12-13-8(9)3/h5,7,10-11,14H,4,6H2,1-3H3,(H,12,13). The lowest BCUT2D eigenvalue weighted by Gasteiger charge is -2.14. The van der Waals surface area contributed by atoms with E-state index in [9.17, 15) is 5.11 Å². The molecule has 1 atom stereocenters. The largest absolute Gasteiger partial charge is 0.392 e. The monoisotopic (exact) mass is 197 g/mol. The number of H-pyrrole nitrogens is 1. The van der Waals surface area contributed by atoms with Crippen molar-refractivity contribution in [3.05, 3.63) is 17.5 Å².